The molecule has 3 aromatic heterocycles. The normalized spacial score (nSPS) is 11.0. The highest BCUT2D eigenvalue weighted by molar-refractivity contribution is 7.17. The highest BCUT2D eigenvalue weighted by Crippen LogP contribution is 2.20. The van der Waals surface area contributed by atoms with E-state index in [4.69, 9.17) is 0 Å². The number of para-hydroxylation sites is 1. The zero-order chi connectivity index (χ0) is 17.2. The second-order valence-corrected chi connectivity index (χ2v) is 7.41. The fourth-order valence-corrected chi connectivity index (χ4v) is 3.86. The summed E-state index contributed by atoms with van der Waals surface area (Å²) in [4.78, 5) is 7.00. The molecule has 0 aliphatic carbocycles. The molecule has 5 nitrogen and oxygen atoms in total. The van der Waals surface area contributed by atoms with Crippen LogP contribution in [0.3, 0.4) is 0 Å². The van der Waals surface area contributed by atoms with Crippen molar-refractivity contribution in [2.45, 2.75) is 26.8 Å². The molecule has 7 heteroatoms. The minimum atomic E-state index is 0. The largest absolute Gasteiger partial charge is 0.311 e. The number of fused-ring (bicyclic) bond motifs is 1. The Bertz CT molecular complexity index is 986. The number of thiazole rings is 1. The summed E-state index contributed by atoms with van der Waals surface area (Å²) in [6.07, 6.45) is 7.16. The zero-order valence-corrected chi connectivity index (χ0v) is 16.5. The average Bonchev–Trinajstić information content (AvgIpc) is 3.28. The first-order valence-corrected chi connectivity index (χ1v) is 9.26. The molecular formula is C19H22ClN5S. The molecule has 0 bridgehead atoms. The summed E-state index contributed by atoms with van der Waals surface area (Å²) in [7, 11) is 0. The topological polar surface area (TPSA) is 47.1 Å². The lowest BCUT2D eigenvalue weighted by Gasteiger charge is -2.04. The van der Waals surface area contributed by atoms with E-state index in [2.05, 4.69) is 58.2 Å². The van der Waals surface area contributed by atoms with Crippen LogP contribution in [0, 0.1) is 13.8 Å². The third-order valence-corrected chi connectivity index (χ3v) is 5.18. The maximum atomic E-state index is 4.64. The van der Waals surface area contributed by atoms with Crippen molar-refractivity contribution in [1.29, 1.82) is 0 Å². The molecule has 0 radical (unpaired) electrons. The van der Waals surface area contributed by atoms with Crippen molar-refractivity contribution in [3.63, 3.8) is 0 Å². The molecule has 4 aromatic rings. The SMILES string of the molecule is Cc1cn2c(CNCCc3cnn(-c4ccccc4)c3)c(C)nc2s1.Cl. The Morgan fingerprint density at radius 2 is 1.92 bits per heavy atom. The Labute approximate surface area is 163 Å². The number of imidazole rings is 1. The minimum Gasteiger partial charge on any atom is -0.311 e. The number of hydrogen-bond donors (Lipinski definition) is 1. The van der Waals surface area contributed by atoms with Gasteiger partial charge >= 0.3 is 0 Å². The number of rotatable bonds is 6. The summed E-state index contributed by atoms with van der Waals surface area (Å²) >= 11 is 1.74. The van der Waals surface area contributed by atoms with Crippen LogP contribution in [-0.2, 0) is 13.0 Å². The van der Waals surface area contributed by atoms with Gasteiger partial charge in [0.15, 0.2) is 4.96 Å². The first-order chi connectivity index (χ1) is 12.2. The van der Waals surface area contributed by atoms with E-state index in [1.54, 1.807) is 11.3 Å². The Kier molecular flexibility index (Phi) is 5.76. The van der Waals surface area contributed by atoms with E-state index in [1.807, 2.05) is 29.1 Å². The molecule has 3 heterocycles. The standard InChI is InChI=1S/C19H21N5S.ClH/c1-14-12-23-18(15(2)22-19(23)25-14)11-20-9-8-16-10-21-24(13-16)17-6-4-3-5-7-17;/h3-7,10,12-13,20H,8-9,11H2,1-2H3;1H. The highest BCUT2D eigenvalue weighted by atomic mass is 35.5. The van der Waals surface area contributed by atoms with Crippen LogP contribution in [0.4, 0.5) is 0 Å². The molecule has 1 aromatic carbocycles. The van der Waals surface area contributed by atoms with Gasteiger partial charge in [-0.1, -0.05) is 18.2 Å². The van der Waals surface area contributed by atoms with Gasteiger partial charge in [-0.15, -0.1) is 23.7 Å². The van der Waals surface area contributed by atoms with Crippen molar-refractivity contribution < 1.29 is 0 Å². The van der Waals surface area contributed by atoms with Gasteiger partial charge in [-0.2, -0.15) is 5.10 Å². The van der Waals surface area contributed by atoms with Crippen LogP contribution >= 0.6 is 23.7 Å². The molecule has 1 N–H and O–H groups in total. The van der Waals surface area contributed by atoms with Crippen LogP contribution in [0.15, 0.2) is 48.9 Å². The second kappa shape index (κ2) is 8.03. The molecular weight excluding hydrogens is 366 g/mol. The van der Waals surface area contributed by atoms with Crippen LogP contribution < -0.4 is 5.32 Å². The van der Waals surface area contributed by atoms with Gasteiger partial charge in [0.25, 0.3) is 0 Å². The van der Waals surface area contributed by atoms with Gasteiger partial charge in [-0.25, -0.2) is 9.67 Å². The van der Waals surface area contributed by atoms with Gasteiger partial charge < -0.3 is 5.32 Å². The average molecular weight is 388 g/mol. The smallest absolute Gasteiger partial charge is 0.194 e. The van der Waals surface area contributed by atoms with E-state index in [-0.39, 0.29) is 12.4 Å². The number of aryl methyl sites for hydroxylation is 2. The van der Waals surface area contributed by atoms with Crippen LogP contribution in [-0.4, -0.2) is 25.7 Å². The van der Waals surface area contributed by atoms with E-state index in [9.17, 15) is 0 Å². The molecule has 0 saturated carbocycles. The van der Waals surface area contributed by atoms with Gasteiger partial charge in [0.1, 0.15) is 0 Å². The molecule has 0 saturated heterocycles. The minimum absolute atomic E-state index is 0. The van der Waals surface area contributed by atoms with E-state index < -0.39 is 0 Å². The van der Waals surface area contributed by atoms with Gasteiger partial charge in [-0.3, -0.25) is 4.40 Å². The molecule has 0 aliphatic heterocycles. The fraction of sp³-hybridized carbons (Fsp3) is 0.263. The Hall–Kier alpha value is -2.15. The Morgan fingerprint density at radius 1 is 1.12 bits per heavy atom. The van der Waals surface area contributed by atoms with Crippen LogP contribution in [0.25, 0.3) is 10.6 Å². The van der Waals surface area contributed by atoms with Crippen molar-refractivity contribution in [2.75, 3.05) is 6.54 Å². The van der Waals surface area contributed by atoms with Crippen LogP contribution in [0.5, 0.6) is 0 Å². The number of halogens is 1. The first kappa shape index (κ1) is 18.6. The van der Waals surface area contributed by atoms with Crippen molar-refractivity contribution >= 4 is 28.7 Å². The predicted octanol–water partition coefficient (Wildman–Crippen LogP) is 3.95. The number of benzene rings is 1. The molecule has 26 heavy (non-hydrogen) atoms. The van der Waals surface area contributed by atoms with E-state index in [0.29, 0.717) is 0 Å². The van der Waals surface area contributed by atoms with Crippen LogP contribution in [0.1, 0.15) is 21.8 Å². The maximum absolute atomic E-state index is 4.64. The summed E-state index contributed by atoms with van der Waals surface area (Å²) in [5.41, 5.74) is 4.68. The monoisotopic (exact) mass is 387 g/mol. The van der Waals surface area contributed by atoms with Gasteiger partial charge in [0, 0.05) is 23.8 Å². The molecule has 136 valence electrons. The van der Waals surface area contributed by atoms with Gasteiger partial charge in [-0.05, 0) is 44.5 Å². The Morgan fingerprint density at radius 3 is 2.73 bits per heavy atom. The molecule has 0 fully saturated rings. The summed E-state index contributed by atoms with van der Waals surface area (Å²) in [6.45, 7) is 5.94. The van der Waals surface area contributed by atoms with Crippen molar-refractivity contribution in [3.8, 4) is 5.69 Å². The van der Waals surface area contributed by atoms with Crippen molar-refractivity contribution in [1.82, 2.24) is 24.5 Å². The van der Waals surface area contributed by atoms with E-state index in [0.717, 1.165) is 35.9 Å². The fourth-order valence-electron chi connectivity index (χ4n) is 2.97. The van der Waals surface area contributed by atoms with E-state index >= 15 is 0 Å². The Balaban J connectivity index is 0.00000196. The molecule has 0 aliphatic rings. The lowest BCUT2D eigenvalue weighted by Crippen LogP contribution is -2.18. The zero-order valence-electron chi connectivity index (χ0n) is 14.8. The lowest BCUT2D eigenvalue weighted by atomic mass is 10.2. The quantitative estimate of drug-likeness (QED) is 0.509. The molecule has 0 atom stereocenters. The molecule has 0 amide bonds. The van der Waals surface area contributed by atoms with Crippen LogP contribution in [0.2, 0.25) is 0 Å². The third-order valence-electron chi connectivity index (χ3n) is 4.28. The third kappa shape index (κ3) is 3.82. The second-order valence-electron chi connectivity index (χ2n) is 6.19. The summed E-state index contributed by atoms with van der Waals surface area (Å²) in [6, 6.07) is 10.2. The number of nitrogens with zero attached hydrogens (tertiary/aromatic N) is 4. The van der Waals surface area contributed by atoms with Crippen molar-refractivity contribution in [2.24, 2.45) is 0 Å². The van der Waals surface area contributed by atoms with Gasteiger partial charge in [0.2, 0.25) is 0 Å². The number of aromatic nitrogens is 4. The van der Waals surface area contributed by atoms with Crippen molar-refractivity contribution in [3.05, 3.63) is 70.8 Å². The van der Waals surface area contributed by atoms with E-state index in [1.165, 1.54) is 16.1 Å². The summed E-state index contributed by atoms with van der Waals surface area (Å²) in [5, 5.41) is 7.98. The maximum Gasteiger partial charge on any atom is 0.194 e. The first-order valence-electron chi connectivity index (χ1n) is 8.44. The molecule has 0 unspecified atom stereocenters. The summed E-state index contributed by atoms with van der Waals surface area (Å²) < 4.78 is 4.13. The number of nitrogens with one attached hydrogen (secondary N) is 1. The summed E-state index contributed by atoms with van der Waals surface area (Å²) in [5.74, 6) is 0. The predicted molar refractivity (Wildman–Crippen MR) is 109 cm³/mol. The number of hydrogen-bond acceptors (Lipinski definition) is 4. The molecule has 0 spiro atoms. The lowest BCUT2D eigenvalue weighted by molar-refractivity contribution is 0.668. The highest BCUT2D eigenvalue weighted by Gasteiger charge is 2.10. The van der Waals surface area contributed by atoms with Gasteiger partial charge in [0.05, 0.1) is 23.3 Å². The molecule has 4 rings (SSSR count).